The Labute approximate surface area is 135 Å². The second kappa shape index (κ2) is 7.34. The molecule has 10 heteroatoms. The SMILES string of the molecule is NCCn1nnnc1SCCS(=O)(=O)c1ccc(Br)cc1. The number of nitrogens with zero attached hydrogens (tertiary/aromatic N) is 4. The number of thioether (sulfide) groups is 1. The van der Waals surface area contributed by atoms with Gasteiger partial charge in [-0.25, -0.2) is 13.1 Å². The molecular weight excluding hydrogens is 378 g/mol. The second-order valence-corrected chi connectivity index (χ2v) is 8.18. The lowest BCUT2D eigenvalue weighted by molar-refractivity contribution is 0.557. The topological polar surface area (TPSA) is 104 Å². The van der Waals surface area contributed by atoms with Crippen LogP contribution in [0.2, 0.25) is 0 Å². The number of benzene rings is 1. The van der Waals surface area contributed by atoms with Gasteiger partial charge < -0.3 is 5.73 Å². The van der Waals surface area contributed by atoms with Crippen molar-refractivity contribution in [2.24, 2.45) is 5.73 Å². The van der Waals surface area contributed by atoms with E-state index in [0.717, 1.165) is 4.47 Å². The Kier molecular flexibility index (Phi) is 5.73. The largest absolute Gasteiger partial charge is 0.329 e. The normalized spacial score (nSPS) is 11.7. The summed E-state index contributed by atoms with van der Waals surface area (Å²) in [5.74, 6) is 0.401. The fourth-order valence-corrected chi connectivity index (χ4v) is 4.38. The van der Waals surface area contributed by atoms with Crippen molar-refractivity contribution in [1.82, 2.24) is 20.2 Å². The molecular formula is C11H14BrN5O2S2. The minimum Gasteiger partial charge on any atom is -0.329 e. The van der Waals surface area contributed by atoms with Gasteiger partial charge in [0, 0.05) is 16.8 Å². The summed E-state index contributed by atoms with van der Waals surface area (Å²) in [5.41, 5.74) is 5.45. The van der Waals surface area contributed by atoms with Gasteiger partial charge in [-0.2, -0.15) is 0 Å². The van der Waals surface area contributed by atoms with Crippen LogP contribution in [0, 0.1) is 0 Å². The molecule has 2 aromatic rings. The van der Waals surface area contributed by atoms with E-state index >= 15 is 0 Å². The number of sulfone groups is 1. The van der Waals surface area contributed by atoms with Gasteiger partial charge in [-0.15, -0.1) is 5.10 Å². The first-order valence-electron chi connectivity index (χ1n) is 6.10. The molecule has 0 unspecified atom stereocenters. The van der Waals surface area contributed by atoms with Crippen LogP contribution in [0.1, 0.15) is 0 Å². The molecule has 0 saturated heterocycles. The molecule has 21 heavy (non-hydrogen) atoms. The second-order valence-electron chi connectivity index (χ2n) is 4.09. The molecule has 0 saturated carbocycles. The Morgan fingerprint density at radius 3 is 2.67 bits per heavy atom. The van der Waals surface area contributed by atoms with Crippen LogP contribution >= 0.6 is 27.7 Å². The van der Waals surface area contributed by atoms with Crippen LogP contribution in [0.5, 0.6) is 0 Å². The molecule has 1 aromatic carbocycles. The lowest BCUT2D eigenvalue weighted by Crippen LogP contribution is -2.13. The number of aromatic nitrogens is 4. The van der Waals surface area contributed by atoms with E-state index in [4.69, 9.17) is 5.73 Å². The first-order chi connectivity index (χ1) is 10.0. The third-order valence-corrected chi connectivity index (χ3v) is 6.07. The van der Waals surface area contributed by atoms with Crippen molar-refractivity contribution < 1.29 is 8.42 Å². The fourth-order valence-electron chi connectivity index (χ4n) is 1.56. The summed E-state index contributed by atoms with van der Waals surface area (Å²) in [6.45, 7) is 0.935. The van der Waals surface area contributed by atoms with Gasteiger partial charge in [0.1, 0.15) is 0 Å². The average Bonchev–Trinajstić information content (AvgIpc) is 2.87. The van der Waals surface area contributed by atoms with E-state index in [1.165, 1.54) is 11.8 Å². The highest BCUT2D eigenvalue weighted by Gasteiger charge is 2.15. The molecule has 2 rings (SSSR count). The van der Waals surface area contributed by atoms with Gasteiger partial charge in [-0.3, -0.25) is 0 Å². The molecule has 0 atom stereocenters. The number of hydrogen-bond donors (Lipinski definition) is 1. The summed E-state index contributed by atoms with van der Waals surface area (Å²) in [4.78, 5) is 0.313. The summed E-state index contributed by atoms with van der Waals surface area (Å²) in [5, 5.41) is 11.8. The van der Waals surface area contributed by atoms with Gasteiger partial charge in [0.25, 0.3) is 0 Å². The zero-order valence-corrected chi connectivity index (χ0v) is 14.2. The Balaban J connectivity index is 1.96. The molecule has 0 aliphatic carbocycles. The molecule has 0 amide bonds. The van der Waals surface area contributed by atoms with Crippen LogP contribution in [0.3, 0.4) is 0 Å². The smallest absolute Gasteiger partial charge is 0.209 e. The molecule has 7 nitrogen and oxygen atoms in total. The molecule has 0 fully saturated rings. The predicted octanol–water partition coefficient (Wildman–Crippen LogP) is 0.960. The van der Waals surface area contributed by atoms with E-state index in [1.807, 2.05) is 0 Å². The minimum atomic E-state index is -3.30. The van der Waals surface area contributed by atoms with Gasteiger partial charge in [0.15, 0.2) is 9.84 Å². The summed E-state index contributed by atoms with van der Waals surface area (Å²) < 4.78 is 26.8. The van der Waals surface area contributed by atoms with Crippen LogP contribution in [-0.4, -0.2) is 46.7 Å². The average molecular weight is 392 g/mol. The summed E-state index contributed by atoms with van der Waals surface area (Å²) in [6, 6.07) is 6.59. The van der Waals surface area contributed by atoms with Gasteiger partial charge in [-0.1, -0.05) is 27.7 Å². The predicted molar refractivity (Wildman–Crippen MR) is 83.8 cm³/mol. The number of rotatable bonds is 7. The van der Waals surface area contributed by atoms with E-state index in [-0.39, 0.29) is 5.75 Å². The van der Waals surface area contributed by atoms with Crippen molar-refractivity contribution in [3.63, 3.8) is 0 Å². The molecule has 0 aliphatic rings. The molecule has 114 valence electrons. The van der Waals surface area contributed by atoms with Crippen LogP contribution in [0.15, 0.2) is 38.8 Å². The Morgan fingerprint density at radius 1 is 1.29 bits per heavy atom. The zero-order valence-electron chi connectivity index (χ0n) is 11.0. The first kappa shape index (κ1) is 16.4. The maximum atomic E-state index is 12.2. The molecule has 0 radical (unpaired) electrons. The maximum absolute atomic E-state index is 12.2. The number of hydrogen-bond acceptors (Lipinski definition) is 7. The summed E-state index contributed by atoms with van der Waals surface area (Å²) in [7, 11) is -3.30. The quantitative estimate of drug-likeness (QED) is 0.700. The van der Waals surface area contributed by atoms with Crippen LogP contribution in [0.4, 0.5) is 0 Å². The number of tetrazole rings is 1. The summed E-state index contributed by atoms with van der Waals surface area (Å²) >= 11 is 4.58. The van der Waals surface area contributed by atoms with Crippen molar-refractivity contribution in [2.45, 2.75) is 16.6 Å². The molecule has 0 bridgehead atoms. The number of halogens is 1. The zero-order chi connectivity index (χ0) is 15.3. The van der Waals surface area contributed by atoms with E-state index < -0.39 is 9.84 Å². The van der Waals surface area contributed by atoms with Crippen molar-refractivity contribution >= 4 is 37.5 Å². The van der Waals surface area contributed by atoms with Gasteiger partial charge in [-0.05, 0) is 34.7 Å². The van der Waals surface area contributed by atoms with Crippen LogP contribution in [0.25, 0.3) is 0 Å². The maximum Gasteiger partial charge on any atom is 0.209 e. The van der Waals surface area contributed by atoms with Gasteiger partial charge in [0.2, 0.25) is 5.16 Å². The van der Waals surface area contributed by atoms with E-state index in [1.54, 1.807) is 28.9 Å². The van der Waals surface area contributed by atoms with E-state index in [2.05, 4.69) is 31.5 Å². The lowest BCUT2D eigenvalue weighted by atomic mass is 10.4. The first-order valence-corrected chi connectivity index (χ1v) is 9.53. The fraction of sp³-hybridized carbons (Fsp3) is 0.364. The van der Waals surface area contributed by atoms with Crippen molar-refractivity contribution in [2.75, 3.05) is 18.1 Å². The number of nitrogens with two attached hydrogens (primary N) is 1. The van der Waals surface area contributed by atoms with Crippen LogP contribution < -0.4 is 5.73 Å². The highest BCUT2D eigenvalue weighted by molar-refractivity contribution is 9.10. The third-order valence-electron chi connectivity index (χ3n) is 2.60. The lowest BCUT2D eigenvalue weighted by Gasteiger charge is -2.05. The van der Waals surface area contributed by atoms with Crippen molar-refractivity contribution in [1.29, 1.82) is 0 Å². The highest BCUT2D eigenvalue weighted by atomic mass is 79.9. The Morgan fingerprint density at radius 2 is 2.00 bits per heavy atom. The highest BCUT2D eigenvalue weighted by Crippen LogP contribution is 2.19. The minimum absolute atomic E-state index is 0.0226. The van der Waals surface area contributed by atoms with Gasteiger partial charge >= 0.3 is 0 Å². The molecule has 2 N–H and O–H groups in total. The monoisotopic (exact) mass is 391 g/mol. The van der Waals surface area contributed by atoms with E-state index in [0.29, 0.717) is 28.9 Å². The standard InChI is InChI=1S/C11H14BrN5O2S2/c12-9-1-3-10(4-2-9)21(18,19)8-7-20-11-14-15-16-17(11)6-5-13/h1-4H,5-8,13H2. The molecule has 0 aliphatic heterocycles. The van der Waals surface area contributed by atoms with Crippen LogP contribution in [-0.2, 0) is 16.4 Å². The van der Waals surface area contributed by atoms with Gasteiger partial charge in [0.05, 0.1) is 17.2 Å². The van der Waals surface area contributed by atoms with E-state index in [9.17, 15) is 8.42 Å². The third kappa shape index (κ3) is 4.50. The van der Waals surface area contributed by atoms with Crippen molar-refractivity contribution in [3.8, 4) is 0 Å². The Hall–Kier alpha value is -0.970. The summed E-state index contributed by atoms with van der Waals surface area (Å²) in [6.07, 6.45) is 0. The van der Waals surface area contributed by atoms with Crippen molar-refractivity contribution in [3.05, 3.63) is 28.7 Å². The Bertz CT molecular complexity index is 687. The molecule has 1 heterocycles. The molecule has 1 aromatic heterocycles. The molecule has 0 spiro atoms.